The van der Waals surface area contributed by atoms with Gasteiger partial charge in [0.05, 0.1) is 18.4 Å². The lowest BCUT2D eigenvalue weighted by molar-refractivity contribution is 0.560. The summed E-state index contributed by atoms with van der Waals surface area (Å²) in [6.07, 6.45) is 9.54. The predicted octanol–water partition coefficient (Wildman–Crippen LogP) is 4.74. The Morgan fingerprint density at radius 2 is 1.91 bits per heavy atom. The summed E-state index contributed by atoms with van der Waals surface area (Å²) in [5, 5.41) is 8.71. The van der Waals surface area contributed by atoms with Gasteiger partial charge in [0.25, 0.3) is 0 Å². The van der Waals surface area contributed by atoms with Gasteiger partial charge >= 0.3 is 0 Å². The van der Waals surface area contributed by atoms with Gasteiger partial charge in [-0.25, -0.2) is 27.9 Å². The van der Waals surface area contributed by atoms with E-state index in [1.807, 2.05) is 4.90 Å². The number of benzene rings is 1. The van der Waals surface area contributed by atoms with Crippen molar-refractivity contribution in [1.29, 1.82) is 0 Å². The SMILES string of the molecule is Fc1ccc(F)c([C@H]2CCCN2c2ccn3ncc(-n4cc(-c5cccnc5F)cn4)c3n2)c1. The molecule has 0 N–H and O–H groups in total. The van der Waals surface area contributed by atoms with Crippen LogP contribution in [0.3, 0.4) is 0 Å². The molecule has 1 aliphatic heterocycles. The van der Waals surface area contributed by atoms with Gasteiger partial charge in [0.1, 0.15) is 23.1 Å². The molecular formula is C24H18F3N7. The van der Waals surface area contributed by atoms with Crippen LogP contribution in [-0.4, -0.2) is 35.9 Å². The van der Waals surface area contributed by atoms with Crippen LogP contribution in [0.1, 0.15) is 24.4 Å². The zero-order valence-corrected chi connectivity index (χ0v) is 17.8. The highest BCUT2D eigenvalue weighted by Gasteiger charge is 2.30. The van der Waals surface area contributed by atoms with Crippen LogP contribution < -0.4 is 4.90 Å². The fourth-order valence-corrected chi connectivity index (χ4v) is 4.50. The highest BCUT2D eigenvalue weighted by molar-refractivity contribution is 5.65. The Hall–Kier alpha value is -4.21. The molecule has 6 rings (SSSR count). The molecule has 5 heterocycles. The van der Waals surface area contributed by atoms with Crippen molar-refractivity contribution in [1.82, 2.24) is 29.4 Å². The molecule has 1 fully saturated rings. The normalized spacial score (nSPS) is 16.0. The first-order valence-electron chi connectivity index (χ1n) is 10.8. The number of halogens is 3. The summed E-state index contributed by atoms with van der Waals surface area (Å²) in [6.45, 7) is 0.666. The molecule has 7 nitrogen and oxygen atoms in total. The molecule has 10 heteroatoms. The zero-order chi connectivity index (χ0) is 23.2. The quantitative estimate of drug-likeness (QED) is 0.362. The number of hydrogen-bond acceptors (Lipinski definition) is 5. The van der Waals surface area contributed by atoms with Crippen LogP contribution >= 0.6 is 0 Å². The van der Waals surface area contributed by atoms with Crippen LogP contribution in [0.5, 0.6) is 0 Å². The Morgan fingerprint density at radius 1 is 1.00 bits per heavy atom. The fraction of sp³-hybridized carbons (Fsp3) is 0.167. The number of aromatic nitrogens is 6. The van der Waals surface area contributed by atoms with Gasteiger partial charge in [-0.15, -0.1) is 0 Å². The maximum absolute atomic E-state index is 14.5. The fourth-order valence-electron chi connectivity index (χ4n) is 4.50. The van der Waals surface area contributed by atoms with Crippen LogP contribution in [0.25, 0.3) is 22.5 Å². The first-order valence-corrected chi connectivity index (χ1v) is 10.8. The van der Waals surface area contributed by atoms with E-state index in [1.54, 1.807) is 52.2 Å². The summed E-state index contributed by atoms with van der Waals surface area (Å²) in [5.74, 6) is -0.849. The third kappa shape index (κ3) is 3.38. The highest BCUT2D eigenvalue weighted by atomic mass is 19.1. The molecule has 1 aromatic carbocycles. The van der Waals surface area contributed by atoms with Crippen LogP contribution in [-0.2, 0) is 0 Å². The van der Waals surface area contributed by atoms with E-state index in [2.05, 4.69) is 15.2 Å². The van der Waals surface area contributed by atoms with Crippen LogP contribution in [0.4, 0.5) is 19.0 Å². The van der Waals surface area contributed by atoms with Crippen molar-refractivity contribution in [2.45, 2.75) is 18.9 Å². The van der Waals surface area contributed by atoms with Gasteiger partial charge < -0.3 is 4.90 Å². The summed E-state index contributed by atoms with van der Waals surface area (Å²) in [5.41, 5.74) is 2.37. The molecule has 0 unspecified atom stereocenters. The third-order valence-electron chi connectivity index (χ3n) is 6.10. The van der Waals surface area contributed by atoms with Crippen LogP contribution in [0.15, 0.2) is 67.4 Å². The second-order valence-electron chi connectivity index (χ2n) is 8.12. The molecule has 0 bridgehead atoms. The first kappa shape index (κ1) is 20.4. The number of rotatable bonds is 4. The minimum atomic E-state index is -0.577. The number of fused-ring (bicyclic) bond motifs is 1. The van der Waals surface area contributed by atoms with Gasteiger partial charge in [-0.1, -0.05) is 0 Å². The van der Waals surface area contributed by atoms with E-state index in [-0.39, 0.29) is 6.04 Å². The Balaban J connectivity index is 1.38. The number of anilines is 1. The van der Waals surface area contributed by atoms with E-state index in [9.17, 15) is 13.2 Å². The second-order valence-corrected chi connectivity index (χ2v) is 8.12. The summed E-state index contributed by atoms with van der Waals surface area (Å²) in [6, 6.07) is 8.32. The average Bonchev–Trinajstić information content (AvgIpc) is 3.59. The van der Waals surface area contributed by atoms with Gasteiger partial charge in [-0.2, -0.15) is 14.6 Å². The number of nitrogens with zero attached hydrogens (tertiary/aromatic N) is 7. The first-order chi connectivity index (χ1) is 16.6. The lowest BCUT2D eigenvalue weighted by atomic mass is 10.0. The number of hydrogen-bond donors (Lipinski definition) is 0. The van der Waals surface area contributed by atoms with Crippen molar-refractivity contribution in [2.75, 3.05) is 11.4 Å². The van der Waals surface area contributed by atoms with E-state index < -0.39 is 17.6 Å². The molecule has 0 spiro atoms. The van der Waals surface area contributed by atoms with Gasteiger partial charge in [0.2, 0.25) is 5.95 Å². The largest absolute Gasteiger partial charge is 0.349 e. The monoisotopic (exact) mass is 461 g/mol. The van der Waals surface area contributed by atoms with Crippen molar-refractivity contribution < 1.29 is 13.2 Å². The van der Waals surface area contributed by atoms with Crippen molar-refractivity contribution in [3.05, 3.63) is 90.5 Å². The topological polar surface area (TPSA) is 64.1 Å². The summed E-state index contributed by atoms with van der Waals surface area (Å²) >= 11 is 0. The maximum atomic E-state index is 14.5. The molecule has 0 amide bonds. The molecule has 1 atom stereocenters. The van der Waals surface area contributed by atoms with Crippen LogP contribution in [0, 0.1) is 17.6 Å². The zero-order valence-electron chi connectivity index (χ0n) is 17.8. The summed E-state index contributed by atoms with van der Waals surface area (Å²) in [4.78, 5) is 10.5. The molecule has 1 aliphatic rings. The van der Waals surface area contributed by atoms with E-state index in [0.29, 0.717) is 46.8 Å². The predicted molar refractivity (Wildman–Crippen MR) is 119 cm³/mol. The van der Waals surface area contributed by atoms with Crippen molar-refractivity contribution in [3.63, 3.8) is 0 Å². The molecule has 0 aliphatic carbocycles. The smallest absolute Gasteiger partial charge is 0.220 e. The lowest BCUT2D eigenvalue weighted by Crippen LogP contribution is -2.24. The molecule has 4 aromatic heterocycles. The van der Waals surface area contributed by atoms with Gasteiger partial charge in [0, 0.05) is 41.8 Å². The van der Waals surface area contributed by atoms with Gasteiger partial charge in [0.15, 0.2) is 5.65 Å². The average molecular weight is 461 g/mol. The van der Waals surface area contributed by atoms with E-state index in [4.69, 9.17) is 4.98 Å². The summed E-state index contributed by atoms with van der Waals surface area (Å²) in [7, 11) is 0. The third-order valence-corrected chi connectivity index (χ3v) is 6.10. The van der Waals surface area contributed by atoms with Gasteiger partial charge in [-0.3, -0.25) is 0 Å². The van der Waals surface area contributed by atoms with Crippen molar-refractivity contribution in [3.8, 4) is 16.8 Å². The molecule has 0 saturated carbocycles. The van der Waals surface area contributed by atoms with E-state index in [1.165, 1.54) is 12.3 Å². The second kappa shape index (κ2) is 7.98. The maximum Gasteiger partial charge on any atom is 0.220 e. The van der Waals surface area contributed by atoms with Crippen molar-refractivity contribution in [2.24, 2.45) is 0 Å². The standard InChI is InChI=1S/C24H18F3N7/c25-16-5-6-19(26)18(11-16)20-4-2-9-32(20)22-7-10-33-24(31-22)21(13-30-33)34-14-15(12-29-34)17-3-1-8-28-23(17)27/h1,3,5-8,10-14,20H,2,4,9H2/t20-/m1/s1. The van der Waals surface area contributed by atoms with Crippen LogP contribution in [0.2, 0.25) is 0 Å². The molecule has 170 valence electrons. The Bertz CT molecular complexity index is 1510. The molecular weight excluding hydrogens is 443 g/mol. The van der Waals surface area contributed by atoms with Crippen molar-refractivity contribution >= 4 is 11.5 Å². The lowest BCUT2D eigenvalue weighted by Gasteiger charge is -2.26. The molecule has 1 saturated heterocycles. The Labute approximate surface area is 192 Å². The Kier molecular flexibility index (Phi) is 4.79. The molecule has 5 aromatic rings. The molecule has 34 heavy (non-hydrogen) atoms. The van der Waals surface area contributed by atoms with E-state index in [0.717, 1.165) is 18.6 Å². The summed E-state index contributed by atoms with van der Waals surface area (Å²) < 4.78 is 45.6. The van der Waals surface area contributed by atoms with Gasteiger partial charge in [-0.05, 0) is 49.2 Å². The van der Waals surface area contributed by atoms with E-state index >= 15 is 0 Å². The Morgan fingerprint density at radius 3 is 2.79 bits per heavy atom. The minimum Gasteiger partial charge on any atom is -0.349 e. The minimum absolute atomic E-state index is 0.318. The number of pyridine rings is 1. The highest BCUT2D eigenvalue weighted by Crippen LogP contribution is 2.37. The molecule has 0 radical (unpaired) electrons.